The molecule has 1 aliphatic heterocycles. The molecule has 0 spiro atoms. The van der Waals surface area contributed by atoms with Crippen molar-refractivity contribution >= 4 is 17.4 Å². The lowest BCUT2D eigenvalue weighted by Gasteiger charge is -2.27. The number of aliphatic hydroxyl groups is 1. The molecular formula is C36H44N2O6. The molecule has 3 aromatic carbocycles. The van der Waals surface area contributed by atoms with Crippen LogP contribution in [-0.2, 0) is 16.2 Å². The van der Waals surface area contributed by atoms with E-state index in [1.807, 2.05) is 36.4 Å². The van der Waals surface area contributed by atoms with Crippen LogP contribution in [0.5, 0.6) is 17.2 Å². The number of benzene rings is 3. The van der Waals surface area contributed by atoms with Gasteiger partial charge < -0.3 is 29.1 Å². The van der Waals surface area contributed by atoms with Gasteiger partial charge in [0.05, 0.1) is 25.3 Å². The van der Waals surface area contributed by atoms with Gasteiger partial charge in [-0.3, -0.25) is 9.59 Å². The Balaban J connectivity index is 1.67. The van der Waals surface area contributed by atoms with Gasteiger partial charge in [0.15, 0.2) is 11.5 Å². The summed E-state index contributed by atoms with van der Waals surface area (Å²) >= 11 is 0. The van der Waals surface area contributed by atoms with Crippen molar-refractivity contribution < 1.29 is 28.9 Å². The predicted octanol–water partition coefficient (Wildman–Crippen LogP) is 6.61. The number of ketones is 1. The fraction of sp³-hybridized carbons (Fsp3) is 0.389. The first-order chi connectivity index (χ1) is 21.4. The average Bonchev–Trinajstić information content (AvgIpc) is 3.31. The van der Waals surface area contributed by atoms with E-state index in [4.69, 9.17) is 14.2 Å². The Morgan fingerprint density at radius 3 is 2.27 bits per heavy atom. The standard InChI is InChI=1S/C36H44N2O6/c1-5-8-23-43-30-20-17-28(24-31(30)42-4)33-32(35(40)36(41)38(33)22-12-21-37(6-2)7-3)34(39)27-15-18-29(19-16-27)44-25-26-13-10-9-11-14-26/h9-11,13-20,24,33,39H,5-8,12,21-23,25H2,1-4H3/t33-/m0/s1. The van der Waals surface area contributed by atoms with Gasteiger partial charge >= 0.3 is 0 Å². The number of aliphatic hydroxyl groups excluding tert-OH is 1. The number of Topliss-reactive ketones (excluding diaryl/α,β-unsaturated/α-hetero) is 1. The number of hydrogen-bond donors (Lipinski definition) is 1. The predicted molar refractivity (Wildman–Crippen MR) is 172 cm³/mol. The van der Waals surface area contributed by atoms with E-state index in [1.54, 1.807) is 48.4 Å². The molecule has 0 bridgehead atoms. The molecule has 1 saturated heterocycles. The minimum Gasteiger partial charge on any atom is -0.507 e. The lowest BCUT2D eigenvalue weighted by Crippen LogP contribution is -2.33. The number of nitrogens with zero attached hydrogens (tertiary/aromatic N) is 2. The number of methoxy groups -OCH3 is 1. The van der Waals surface area contributed by atoms with Crippen LogP contribution < -0.4 is 14.2 Å². The Bertz CT molecular complexity index is 1420. The van der Waals surface area contributed by atoms with Gasteiger partial charge in [0.1, 0.15) is 18.1 Å². The zero-order valence-corrected chi connectivity index (χ0v) is 26.3. The topological polar surface area (TPSA) is 88.5 Å². The lowest BCUT2D eigenvalue weighted by molar-refractivity contribution is -0.140. The van der Waals surface area contributed by atoms with E-state index >= 15 is 0 Å². The van der Waals surface area contributed by atoms with Gasteiger partial charge in [0.2, 0.25) is 0 Å². The van der Waals surface area contributed by atoms with Crippen LogP contribution in [0.3, 0.4) is 0 Å². The third kappa shape index (κ3) is 7.80. The molecule has 0 unspecified atom stereocenters. The molecule has 1 atom stereocenters. The van der Waals surface area contributed by atoms with Crippen LogP contribution in [0.4, 0.5) is 0 Å². The Morgan fingerprint density at radius 2 is 1.61 bits per heavy atom. The minimum absolute atomic E-state index is 0.0532. The molecule has 1 aliphatic rings. The fourth-order valence-corrected chi connectivity index (χ4v) is 5.37. The third-order valence-corrected chi connectivity index (χ3v) is 7.94. The Kier molecular flexibility index (Phi) is 11.8. The number of hydrogen-bond acceptors (Lipinski definition) is 7. The van der Waals surface area contributed by atoms with E-state index in [9.17, 15) is 14.7 Å². The molecule has 0 aliphatic carbocycles. The van der Waals surface area contributed by atoms with Crippen molar-refractivity contribution in [3.8, 4) is 17.2 Å². The number of carbonyl (C=O) groups excluding carboxylic acids is 2. The minimum atomic E-state index is -0.778. The Labute approximate surface area is 260 Å². The molecule has 1 heterocycles. The Morgan fingerprint density at radius 1 is 0.886 bits per heavy atom. The van der Waals surface area contributed by atoms with Crippen molar-refractivity contribution in [3.05, 3.63) is 95.1 Å². The maximum Gasteiger partial charge on any atom is 0.295 e. The molecule has 8 heteroatoms. The van der Waals surface area contributed by atoms with Gasteiger partial charge in [-0.2, -0.15) is 0 Å². The number of likely N-dealkylation sites (tertiary alicyclic amines) is 1. The quantitative estimate of drug-likeness (QED) is 0.0857. The molecule has 3 aromatic rings. The molecule has 44 heavy (non-hydrogen) atoms. The molecule has 1 fully saturated rings. The summed E-state index contributed by atoms with van der Waals surface area (Å²) in [6.45, 7) is 10.2. The van der Waals surface area contributed by atoms with E-state index < -0.39 is 17.7 Å². The molecule has 1 N–H and O–H groups in total. The highest BCUT2D eigenvalue weighted by Gasteiger charge is 2.46. The molecule has 1 amide bonds. The van der Waals surface area contributed by atoms with Gasteiger partial charge in [0.25, 0.3) is 11.7 Å². The van der Waals surface area contributed by atoms with Crippen molar-refractivity contribution in [3.63, 3.8) is 0 Å². The summed E-state index contributed by atoms with van der Waals surface area (Å²) in [5, 5.41) is 11.5. The lowest BCUT2D eigenvalue weighted by atomic mass is 9.95. The summed E-state index contributed by atoms with van der Waals surface area (Å²) in [4.78, 5) is 30.9. The molecule has 4 rings (SSSR count). The van der Waals surface area contributed by atoms with E-state index in [-0.39, 0.29) is 11.3 Å². The zero-order valence-electron chi connectivity index (χ0n) is 26.3. The van der Waals surface area contributed by atoms with Crippen molar-refractivity contribution in [1.29, 1.82) is 0 Å². The highest BCUT2D eigenvalue weighted by atomic mass is 16.5. The van der Waals surface area contributed by atoms with Crippen LogP contribution >= 0.6 is 0 Å². The van der Waals surface area contributed by atoms with Crippen molar-refractivity contribution in [2.24, 2.45) is 0 Å². The summed E-state index contributed by atoms with van der Waals surface area (Å²) in [5.41, 5.74) is 2.18. The maximum absolute atomic E-state index is 13.5. The van der Waals surface area contributed by atoms with Gasteiger partial charge in [-0.15, -0.1) is 0 Å². The van der Waals surface area contributed by atoms with Crippen LogP contribution in [0.2, 0.25) is 0 Å². The molecule has 0 aromatic heterocycles. The van der Waals surface area contributed by atoms with Crippen molar-refractivity contribution in [1.82, 2.24) is 9.80 Å². The number of carbonyl (C=O) groups is 2. The molecule has 8 nitrogen and oxygen atoms in total. The molecule has 0 saturated carbocycles. The summed E-state index contributed by atoms with van der Waals surface area (Å²) in [5.74, 6) is 0.170. The van der Waals surface area contributed by atoms with Gasteiger partial charge in [-0.25, -0.2) is 0 Å². The highest BCUT2D eigenvalue weighted by Crippen LogP contribution is 2.42. The fourth-order valence-electron chi connectivity index (χ4n) is 5.37. The van der Waals surface area contributed by atoms with Gasteiger partial charge in [0, 0.05) is 12.1 Å². The zero-order chi connectivity index (χ0) is 31.5. The van der Waals surface area contributed by atoms with Crippen LogP contribution in [0.1, 0.15) is 62.8 Å². The van der Waals surface area contributed by atoms with Crippen LogP contribution in [0.15, 0.2) is 78.4 Å². The van der Waals surface area contributed by atoms with Crippen LogP contribution in [0.25, 0.3) is 5.76 Å². The van der Waals surface area contributed by atoms with Gasteiger partial charge in [-0.05, 0) is 80.0 Å². The van der Waals surface area contributed by atoms with Crippen molar-refractivity contribution in [2.75, 3.05) is 39.9 Å². The first-order valence-corrected chi connectivity index (χ1v) is 15.5. The molecule has 0 radical (unpaired) electrons. The summed E-state index contributed by atoms with van der Waals surface area (Å²) in [7, 11) is 1.56. The van der Waals surface area contributed by atoms with E-state index in [0.29, 0.717) is 54.6 Å². The van der Waals surface area contributed by atoms with E-state index in [2.05, 4.69) is 25.7 Å². The number of amides is 1. The second-order valence-corrected chi connectivity index (χ2v) is 10.8. The van der Waals surface area contributed by atoms with Crippen molar-refractivity contribution in [2.45, 2.75) is 52.7 Å². The monoisotopic (exact) mass is 600 g/mol. The largest absolute Gasteiger partial charge is 0.507 e. The number of unbranched alkanes of at least 4 members (excludes halogenated alkanes) is 1. The normalized spacial score (nSPS) is 16.0. The third-order valence-electron chi connectivity index (χ3n) is 7.94. The first-order valence-electron chi connectivity index (χ1n) is 15.5. The second-order valence-electron chi connectivity index (χ2n) is 10.8. The van der Waals surface area contributed by atoms with E-state index in [1.165, 1.54) is 0 Å². The van der Waals surface area contributed by atoms with Crippen LogP contribution in [0, 0.1) is 0 Å². The summed E-state index contributed by atoms with van der Waals surface area (Å²) in [6.07, 6.45) is 2.60. The molecular weight excluding hydrogens is 556 g/mol. The maximum atomic E-state index is 13.5. The van der Waals surface area contributed by atoms with Crippen LogP contribution in [-0.4, -0.2) is 66.5 Å². The second kappa shape index (κ2) is 16.0. The van der Waals surface area contributed by atoms with E-state index in [0.717, 1.165) is 38.0 Å². The Hall–Kier alpha value is -4.30. The average molecular weight is 601 g/mol. The SMILES string of the molecule is CCCCOc1ccc([C@H]2C(=C(O)c3ccc(OCc4ccccc4)cc3)C(=O)C(=O)N2CCCN(CC)CC)cc1OC. The first kappa shape index (κ1) is 32.6. The highest BCUT2D eigenvalue weighted by molar-refractivity contribution is 6.46. The number of ether oxygens (including phenoxy) is 3. The smallest absolute Gasteiger partial charge is 0.295 e. The summed E-state index contributed by atoms with van der Waals surface area (Å²) < 4.78 is 17.5. The van der Waals surface area contributed by atoms with Gasteiger partial charge in [-0.1, -0.05) is 63.6 Å². The summed E-state index contributed by atoms with van der Waals surface area (Å²) in [6, 6.07) is 21.4. The number of rotatable bonds is 16. The molecule has 234 valence electrons.